The lowest BCUT2D eigenvalue weighted by Crippen LogP contribution is -2.44. The Morgan fingerprint density at radius 3 is 2.71 bits per heavy atom. The summed E-state index contributed by atoms with van der Waals surface area (Å²) in [5.74, 6) is 0. The molecule has 0 spiro atoms. The molecule has 0 bridgehead atoms. The van der Waals surface area contributed by atoms with Gasteiger partial charge in [0.05, 0.1) is 19.3 Å². The molecule has 4 nitrogen and oxygen atoms in total. The van der Waals surface area contributed by atoms with Crippen LogP contribution in [0.2, 0.25) is 0 Å². The molecule has 1 unspecified atom stereocenters. The highest BCUT2D eigenvalue weighted by Gasteiger charge is 2.41. The molecule has 17 heavy (non-hydrogen) atoms. The van der Waals surface area contributed by atoms with Gasteiger partial charge in [-0.05, 0) is 19.1 Å². The van der Waals surface area contributed by atoms with Crippen molar-refractivity contribution in [2.45, 2.75) is 23.7 Å². The van der Waals surface area contributed by atoms with Gasteiger partial charge < -0.3 is 15.2 Å². The van der Waals surface area contributed by atoms with Gasteiger partial charge in [-0.3, -0.25) is 4.90 Å². The summed E-state index contributed by atoms with van der Waals surface area (Å²) in [4.78, 5) is 2.28. The number of morpholine rings is 1. The maximum atomic E-state index is 9.94. The molecule has 100 valence electrons. The summed E-state index contributed by atoms with van der Waals surface area (Å²) in [5.41, 5.74) is 0. The van der Waals surface area contributed by atoms with Crippen LogP contribution in [0.3, 0.4) is 0 Å². The lowest BCUT2D eigenvalue weighted by Gasteiger charge is -2.28. The molecule has 1 atom stereocenters. The fourth-order valence-corrected chi connectivity index (χ4v) is 2.96. The van der Waals surface area contributed by atoms with E-state index in [1.165, 1.54) is 12.8 Å². The molecule has 0 aromatic heterocycles. The Kier molecular flexibility index (Phi) is 5.11. The van der Waals surface area contributed by atoms with Crippen LogP contribution in [0.5, 0.6) is 0 Å². The molecule has 2 fully saturated rings. The van der Waals surface area contributed by atoms with Crippen molar-refractivity contribution in [2.24, 2.45) is 0 Å². The Morgan fingerprint density at radius 2 is 2.12 bits per heavy atom. The Bertz CT molecular complexity index is 231. The van der Waals surface area contributed by atoms with Gasteiger partial charge in [-0.25, -0.2) is 0 Å². The van der Waals surface area contributed by atoms with E-state index in [2.05, 4.69) is 16.5 Å². The van der Waals surface area contributed by atoms with Gasteiger partial charge in [0.25, 0.3) is 0 Å². The van der Waals surface area contributed by atoms with E-state index in [9.17, 15) is 5.11 Å². The Hall–Kier alpha value is 0.190. The molecule has 0 radical (unpaired) electrons. The van der Waals surface area contributed by atoms with Gasteiger partial charge in [0, 0.05) is 37.5 Å². The van der Waals surface area contributed by atoms with Crippen LogP contribution in [0.25, 0.3) is 0 Å². The van der Waals surface area contributed by atoms with E-state index in [1.54, 1.807) is 0 Å². The summed E-state index contributed by atoms with van der Waals surface area (Å²) in [7, 11) is 0. The van der Waals surface area contributed by atoms with Crippen LogP contribution in [0, 0.1) is 0 Å². The maximum absolute atomic E-state index is 9.94. The third-order valence-electron chi connectivity index (χ3n) is 3.64. The lowest BCUT2D eigenvalue weighted by molar-refractivity contribution is 0.0150. The SMILES string of the molecule is CSC1(CNCC(O)CN2CCOCC2)CC1. The second kappa shape index (κ2) is 6.38. The summed E-state index contributed by atoms with van der Waals surface area (Å²) in [5, 5.41) is 13.3. The number of β-amino-alcohol motifs (C(OH)–C–C–N with tert-alkyl or cyclic N) is 1. The lowest BCUT2D eigenvalue weighted by atomic mass is 10.3. The third-order valence-corrected chi connectivity index (χ3v) is 5.06. The van der Waals surface area contributed by atoms with E-state index in [1.807, 2.05) is 11.8 Å². The number of rotatable bonds is 7. The molecule has 1 heterocycles. The first-order valence-corrected chi connectivity index (χ1v) is 7.71. The minimum absolute atomic E-state index is 0.259. The van der Waals surface area contributed by atoms with E-state index in [0.29, 0.717) is 11.3 Å². The zero-order valence-corrected chi connectivity index (χ0v) is 11.5. The van der Waals surface area contributed by atoms with E-state index >= 15 is 0 Å². The molecule has 0 aromatic rings. The van der Waals surface area contributed by atoms with Crippen LogP contribution < -0.4 is 5.32 Å². The molecule has 1 aliphatic heterocycles. The molecule has 0 aromatic carbocycles. The van der Waals surface area contributed by atoms with Crippen LogP contribution in [-0.4, -0.2) is 73.1 Å². The average molecular weight is 260 g/mol. The zero-order valence-electron chi connectivity index (χ0n) is 10.7. The van der Waals surface area contributed by atoms with Crippen molar-refractivity contribution in [3.05, 3.63) is 0 Å². The molecular weight excluding hydrogens is 236 g/mol. The fraction of sp³-hybridized carbons (Fsp3) is 1.00. The predicted octanol–water partition coefficient (Wildman–Crippen LogP) is 0.165. The summed E-state index contributed by atoms with van der Waals surface area (Å²) in [6, 6.07) is 0. The van der Waals surface area contributed by atoms with Gasteiger partial charge in [0.15, 0.2) is 0 Å². The largest absolute Gasteiger partial charge is 0.390 e. The van der Waals surface area contributed by atoms with Gasteiger partial charge in [-0.1, -0.05) is 0 Å². The predicted molar refractivity (Wildman–Crippen MR) is 71.6 cm³/mol. The van der Waals surface area contributed by atoms with Crippen LogP contribution in [-0.2, 0) is 4.74 Å². The number of nitrogens with zero attached hydrogens (tertiary/aromatic N) is 1. The quantitative estimate of drug-likeness (QED) is 0.683. The highest BCUT2D eigenvalue weighted by molar-refractivity contribution is 8.00. The number of aliphatic hydroxyl groups is 1. The van der Waals surface area contributed by atoms with Gasteiger partial charge in [-0.15, -0.1) is 0 Å². The first kappa shape index (κ1) is 13.6. The maximum Gasteiger partial charge on any atom is 0.0791 e. The van der Waals surface area contributed by atoms with Crippen LogP contribution in [0.1, 0.15) is 12.8 Å². The normalized spacial score (nSPS) is 25.8. The van der Waals surface area contributed by atoms with Crippen LogP contribution in [0.15, 0.2) is 0 Å². The Balaban J connectivity index is 1.55. The summed E-state index contributed by atoms with van der Waals surface area (Å²) >= 11 is 1.95. The standard InChI is InChI=1S/C12H24N2O2S/c1-17-12(2-3-12)10-13-8-11(15)9-14-4-6-16-7-5-14/h11,13,15H,2-10H2,1H3. The van der Waals surface area contributed by atoms with Gasteiger partial charge in [-0.2, -0.15) is 11.8 Å². The van der Waals surface area contributed by atoms with Crippen LogP contribution in [0.4, 0.5) is 0 Å². The van der Waals surface area contributed by atoms with Crippen molar-refractivity contribution >= 4 is 11.8 Å². The first-order chi connectivity index (χ1) is 8.24. The van der Waals surface area contributed by atoms with Crippen molar-refractivity contribution in [1.82, 2.24) is 10.2 Å². The van der Waals surface area contributed by atoms with E-state index in [4.69, 9.17) is 4.74 Å². The molecule has 5 heteroatoms. The highest BCUT2D eigenvalue weighted by Crippen LogP contribution is 2.46. The molecule has 1 saturated carbocycles. The molecule has 1 saturated heterocycles. The van der Waals surface area contributed by atoms with Gasteiger partial charge in [0.1, 0.15) is 0 Å². The molecule has 1 aliphatic carbocycles. The van der Waals surface area contributed by atoms with Gasteiger partial charge in [0.2, 0.25) is 0 Å². The molecular formula is C12H24N2O2S. The van der Waals surface area contributed by atoms with Crippen molar-refractivity contribution in [1.29, 1.82) is 0 Å². The van der Waals surface area contributed by atoms with Crippen LogP contribution >= 0.6 is 11.8 Å². The third kappa shape index (κ3) is 4.41. The van der Waals surface area contributed by atoms with Crippen molar-refractivity contribution in [2.75, 3.05) is 52.2 Å². The monoisotopic (exact) mass is 260 g/mol. The van der Waals surface area contributed by atoms with Gasteiger partial charge >= 0.3 is 0 Å². The number of ether oxygens (including phenoxy) is 1. The van der Waals surface area contributed by atoms with E-state index < -0.39 is 0 Å². The summed E-state index contributed by atoms with van der Waals surface area (Å²) < 4.78 is 5.77. The zero-order chi connectivity index (χ0) is 12.1. The minimum atomic E-state index is -0.259. The summed E-state index contributed by atoms with van der Waals surface area (Å²) in [6.45, 7) is 6.01. The number of nitrogens with one attached hydrogen (secondary N) is 1. The highest BCUT2D eigenvalue weighted by atomic mass is 32.2. The van der Waals surface area contributed by atoms with Crippen molar-refractivity contribution in [3.63, 3.8) is 0 Å². The Morgan fingerprint density at radius 1 is 1.41 bits per heavy atom. The molecule has 2 N–H and O–H groups in total. The number of hydrogen-bond acceptors (Lipinski definition) is 5. The summed E-state index contributed by atoms with van der Waals surface area (Å²) in [6.07, 6.45) is 4.56. The molecule has 0 amide bonds. The average Bonchev–Trinajstić information content (AvgIpc) is 3.11. The first-order valence-electron chi connectivity index (χ1n) is 6.48. The van der Waals surface area contributed by atoms with Crippen molar-refractivity contribution < 1.29 is 9.84 Å². The Labute approximate surface area is 108 Å². The van der Waals surface area contributed by atoms with E-state index in [0.717, 1.165) is 39.4 Å². The minimum Gasteiger partial charge on any atom is -0.390 e. The number of aliphatic hydroxyl groups excluding tert-OH is 1. The van der Waals surface area contributed by atoms with E-state index in [-0.39, 0.29) is 6.10 Å². The number of hydrogen-bond donors (Lipinski definition) is 2. The second-order valence-corrected chi connectivity index (χ2v) is 6.36. The topological polar surface area (TPSA) is 44.7 Å². The second-order valence-electron chi connectivity index (χ2n) is 5.08. The molecule has 2 rings (SSSR count). The smallest absolute Gasteiger partial charge is 0.0791 e. The van der Waals surface area contributed by atoms with Crippen molar-refractivity contribution in [3.8, 4) is 0 Å². The molecule has 2 aliphatic rings. The fourth-order valence-electron chi connectivity index (χ4n) is 2.21. The number of thioether (sulfide) groups is 1.